The average molecular weight is 223 g/mol. The lowest BCUT2D eigenvalue weighted by atomic mass is 9.77. The van der Waals surface area contributed by atoms with Crippen LogP contribution in [-0.2, 0) is 5.41 Å². The van der Waals surface area contributed by atoms with Gasteiger partial charge in [-0.05, 0) is 56.0 Å². The Balaban J connectivity index is 3.01. The van der Waals surface area contributed by atoms with Crippen LogP contribution in [0.1, 0.15) is 38.3 Å². The highest BCUT2D eigenvalue weighted by molar-refractivity contribution is 5.33. The van der Waals surface area contributed by atoms with E-state index in [1.807, 2.05) is 20.0 Å². The molecule has 0 fully saturated rings. The normalized spacial score (nSPS) is 13.9. The Kier molecular flexibility index (Phi) is 4.09. The number of hydrogen-bond acceptors (Lipinski definition) is 1. The van der Waals surface area contributed by atoms with Gasteiger partial charge in [0.1, 0.15) is 5.82 Å². The van der Waals surface area contributed by atoms with Gasteiger partial charge in [0.25, 0.3) is 0 Å². The number of hydrogen-bond donors (Lipinski definition) is 1. The Morgan fingerprint density at radius 3 is 2.56 bits per heavy atom. The van der Waals surface area contributed by atoms with E-state index in [1.165, 1.54) is 6.07 Å². The predicted molar refractivity (Wildman–Crippen MR) is 67.3 cm³/mol. The zero-order chi connectivity index (χ0) is 12.3. The van der Waals surface area contributed by atoms with Crippen LogP contribution in [0.3, 0.4) is 0 Å². The Labute approximate surface area is 98.1 Å². The van der Waals surface area contributed by atoms with Gasteiger partial charge >= 0.3 is 0 Å². The summed E-state index contributed by atoms with van der Waals surface area (Å²) in [4.78, 5) is 0. The van der Waals surface area contributed by atoms with Crippen molar-refractivity contribution in [3.05, 3.63) is 35.1 Å². The van der Waals surface area contributed by atoms with Crippen molar-refractivity contribution < 1.29 is 4.39 Å². The fraction of sp³-hybridized carbons (Fsp3) is 0.571. The van der Waals surface area contributed by atoms with Crippen molar-refractivity contribution in [2.24, 2.45) is 0 Å². The number of nitrogens with one attached hydrogen (secondary N) is 1. The fourth-order valence-corrected chi connectivity index (χ4v) is 2.30. The smallest absolute Gasteiger partial charge is 0.123 e. The van der Waals surface area contributed by atoms with Gasteiger partial charge < -0.3 is 5.32 Å². The summed E-state index contributed by atoms with van der Waals surface area (Å²) in [5.41, 5.74) is 2.26. The Morgan fingerprint density at radius 2 is 2.00 bits per heavy atom. The lowest BCUT2D eigenvalue weighted by Gasteiger charge is -2.30. The zero-order valence-electron chi connectivity index (χ0n) is 10.9. The summed E-state index contributed by atoms with van der Waals surface area (Å²) < 4.78 is 13.3. The molecule has 0 radical (unpaired) electrons. The fourth-order valence-electron chi connectivity index (χ4n) is 2.30. The second-order valence-electron chi connectivity index (χ2n) is 5.24. The molecular weight excluding hydrogens is 201 g/mol. The van der Waals surface area contributed by atoms with E-state index in [4.69, 9.17) is 0 Å². The van der Waals surface area contributed by atoms with Crippen molar-refractivity contribution in [2.45, 2.75) is 45.6 Å². The quantitative estimate of drug-likeness (QED) is 0.825. The third-order valence-electron chi connectivity index (χ3n) is 3.24. The van der Waals surface area contributed by atoms with Crippen LogP contribution in [0.4, 0.5) is 4.39 Å². The summed E-state index contributed by atoms with van der Waals surface area (Å²) >= 11 is 0. The first-order chi connectivity index (χ1) is 7.36. The molecule has 16 heavy (non-hydrogen) atoms. The summed E-state index contributed by atoms with van der Waals surface area (Å²) in [5.74, 6) is -0.147. The van der Waals surface area contributed by atoms with Crippen molar-refractivity contribution in [1.82, 2.24) is 5.32 Å². The van der Waals surface area contributed by atoms with E-state index in [2.05, 4.69) is 26.1 Å². The Morgan fingerprint density at radius 1 is 1.38 bits per heavy atom. The number of benzene rings is 1. The van der Waals surface area contributed by atoms with Crippen LogP contribution in [0.5, 0.6) is 0 Å². The van der Waals surface area contributed by atoms with Crippen LogP contribution in [0.15, 0.2) is 18.2 Å². The van der Waals surface area contributed by atoms with Crippen LogP contribution in [-0.4, -0.2) is 13.1 Å². The molecule has 1 N–H and O–H groups in total. The minimum atomic E-state index is -0.147. The van der Waals surface area contributed by atoms with E-state index in [0.29, 0.717) is 6.04 Å². The highest BCUT2D eigenvalue weighted by Gasteiger charge is 2.24. The molecule has 0 saturated carbocycles. The third-order valence-corrected chi connectivity index (χ3v) is 3.24. The van der Waals surface area contributed by atoms with Gasteiger partial charge in [-0.15, -0.1) is 0 Å². The summed E-state index contributed by atoms with van der Waals surface area (Å²) in [7, 11) is 1.96. The molecule has 1 nitrogen and oxygen atoms in total. The molecule has 0 saturated heterocycles. The molecule has 1 aromatic rings. The second kappa shape index (κ2) is 4.96. The van der Waals surface area contributed by atoms with Gasteiger partial charge in [0.2, 0.25) is 0 Å². The maximum atomic E-state index is 13.3. The van der Waals surface area contributed by atoms with Gasteiger partial charge in [-0.2, -0.15) is 0 Å². The molecule has 2 heteroatoms. The summed E-state index contributed by atoms with van der Waals surface area (Å²) in [6.07, 6.45) is 0.994. The molecular formula is C14H22FN. The SMILES string of the molecule is CNC(C)CC(C)(C)c1cc(F)ccc1C. The first kappa shape index (κ1) is 13.2. The average Bonchev–Trinajstić information content (AvgIpc) is 2.20. The lowest BCUT2D eigenvalue weighted by Crippen LogP contribution is -2.31. The van der Waals surface area contributed by atoms with Crippen LogP contribution < -0.4 is 5.32 Å². The van der Waals surface area contributed by atoms with Crippen molar-refractivity contribution >= 4 is 0 Å². The van der Waals surface area contributed by atoms with E-state index < -0.39 is 0 Å². The number of halogens is 1. The van der Waals surface area contributed by atoms with Crippen LogP contribution in [0.2, 0.25) is 0 Å². The predicted octanol–water partition coefficient (Wildman–Crippen LogP) is 3.41. The van der Waals surface area contributed by atoms with Crippen molar-refractivity contribution in [1.29, 1.82) is 0 Å². The molecule has 0 aliphatic rings. The van der Waals surface area contributed by atoms with Crippen LogP contribution in [0.25, 0.3) is 0 Å². The van der Waals surface area contributed by atoms with Gasteiger partial charge in [0.05, 0.1) is 0 Å². The van der Waals surface area contributed by atoms with Gasteiger partial charge in [-0.1, -0.05) is 19.9 Å². The van der Waals surface area contributed by atoms with Gasteiger partial charge in [-0.25, -0.2) is 4.39 Å². The third kappa shape index (κ3) is 3.05. The highest BCUT2D eigenvalue weighted by atomic mass is 19.1. The van der Waals surface area contributed by atoms with E-state index >= 15 is 0 Å². The maximum absolute atomic E-state index is 13.3. The molecule has 0 amide bonds. The Hall–Kier alpha value is -0.890. The van der Waals surface area contributed by atoms with Crippen LogP contribution >= 0.6 is 0 Å². The zero-order valence-corrected chi connectivity index (χ0v) is 10.9. The molecule has 0 bridgehead atoms. The molecule has 0 aromatic heterocycles. The highest BCUT2D eigenvalue weighted by Crippen LogP contribution is 2.31. The topological polar surface area (TPSA) is 12.0 Å². The molecule has 0 heterocycles. The number of rotatable bonds is 4. The summed E-state index contributed by atoms with van der Waals surface area (Å²) in [5, 5.41) is 3.23. The summed E-state index contributed by atoms with van der Waals surface area (Å²) in [6, 6.07) is 5.47. The molecule has 0 spiro atoms. The second-order valence-corrected chi connectivity index (χ2v) is 5.24. The van der Waals surface area contributed by atoms with Gasteiger partial charge in [0, 0.05) is 6.04 Å². The first-order valence-corrected chi connectivity index (χ1v) is 5.80. The Bertz CT molecular complexity index is 358. The molecule has 1 unspecified atom stereocenters. The minimum absolute atomic E-state index is 0.00535. The van der Waals surface area contributed by atoms with Gasteiger partial charge in [-0.3, -0.25) is 0 Å². The largest absolute Gasteiger partial charge is 0.317 e. The van der Waals surface area contributed by atoms with E-state index in [-0.39, 0.29) is 11.2 Å². The minimum Gasteiger partial charge on any atom is -0.317 e. The van der Waals surface area contributed by atoms with Crippen molar-refractivity contribution in [3.63, 3.8) is 0 Å². The number of aryl methyl sites for hydroxylation is 1. The monoisotopic (exact) mass is 223 g/mol. The molecule has 0 aliphatic heterocycles. The summed E-state index contributed by atoms with van der Waals surface area (Å²) in [6.45, 7) is 8.53. The maximum Gasteiger partial charge on any atom is 0.123 e. The van der Waals surface area contributed by atoms with E-state index in [0.717, 1.165) is 17.5 Å². The molecule has 1 aromatic carbocycles. The molecule has 0 aliphatic carbocycles. The molecule has 90 valence electrons. The van der Waals surface area contributed by atoms with E-state index in [9.17, 15) is 4.39 Å². The molecule has 1 rings (SSSR count). The first-order valence-electron chi connectivity index (χ1n) is 5.80. The van der Waals surface area contributed by atoms with Gasteiger partial charge in [0.15, 0.2) is 0 Å². The molecule has 1 atom stereocenters. The van der Waals surface area contributed by atoms with Crippen molar-refractivity contribution in [2.75, 3.05) is 7.05 Å². The van der Waals surface area contributed by atoms with Crippen molar-refractivity contribution in [3.8, 4) is 0 Å². The standard InChI is InChI=1S/C14H22FN/c1-10-6-7-12(15)8-13(10)14(3,4)9-11(2)16-5/h6-8,11,16H,9H2,1-5H3. The lowest BCUT2D eigenvalue weighted by molar-refractivity contribution is 0.402. The van der Waals surface area contributed by atoms with Crippen LogP contribution in [0, 0.1) is 12.7 Å². The van der Waals surface area contributed by atoms with E-state index in [1.54, 1.807) is 6.07 Å².